The van der Waals surface area contributed by atoms with Crippen LogP contribution in [0.15, 0.2) is 41.4 Å². The largest absolute Gasteiger partial charge is 0.493 e. The van der Waals surface area contributed by atoms with Gasteiger partial charge in [0.1, 0.15) is 5.75 Å². The molecule has 7 nitrogen and oxygen atoms in total. The zero-order valence-electron chi connectivity index (χ0n) is 18.2. The summed E-state index contributed by atoms with van der Waals surface area (Å²) in [5, 5.41) is 6.38. The van der Waals surface area contributed by atoms with Crippen molar-refractivity contribution in [1.82, 2.24) is 10.6 Å². The highest BCUT2D eigenvalue weighted by Crippen LogP contribution is 2.39. The first-order chi connectivity index (χ1) is 15.0. The summed E-state index contributed by atoms with van der Waals surface area (Å²) in [6.07, 6.45) is 0.638. The van der Waals surface area contributed by atoms with Crippen molar-refractivity contribution in [2.24, 2.45) is 4.99 Å². The number of methoxy groups -OCH3 is 3. The summed E-state index contributed by atoms with van der Waals surface area (Å²) in [5.41, 5.74) is 1.51. The summed E-state index contributed by atoms with van der Waals surface area (Å²) in [6, 6.07) is 10.4. The van der Waals surface area contributed by atoms with E-state index in [0.29, 0.717) is 48.3 Å². The van der Waals surface area contributed by atoms with Gasteiger partial charge in [0.2, 0.25) is 5.75 Å². The fourth-order valence-corrected chi connectivity index (χ4v) is 3.03. The Morgan fingerprint density at radius 3 is 2.29 bits per heavy atom. The summed E-state index contributed by atoms with van der Waals surface area (Å²) < 4.78 is 46.0. The molecule has 2 rings (SSSR count). The van der Waals surface area contributed by atoms with Crippen molar-refractivity contribution in [2.75, 3.05) is 34.4 Å². The van der Waals surface area contributed by atoms with Gasteiger partial charge < -0.3 is 29.6 Å². The Labute approximate surface area is 181 Å². The number of guanidine groups is 1. The number of para-hydroxylation sites is 1. The molecule has 0 amide bonds. The molecule has 0 heterocycles. The van der Waals surface area contributed by atoms with Gasteiger partial charge in [-0.15, -0.1) is 0 Å². The first kappa shape index (κ1) is 24.0. The van der Waals surface area contributed by atoms with E-state index in [1.165, 1.54) is 6.07 Å². The lowest BCUT2D eigenvalue weighted by Gasteiger charge is -2.17. The number of alkyl halides is 2. The molecular weight excluding hydrogens is 408 g/mol. The maximum atomic E-state index is 12.6. The van der Waals surface area contributed by atoms with E-state index in [1.54, 1.807) is 39.5 Å². The van der Waals surface area contributed by atoms with Gasteiger partial charge in [0.15, 0.2) is 17.5 Å². The van der Waals surface area contributed by atoms with Gasteiger partial charge in [-0.2, -0.15) is 8.78 Å². The predicted octanol–water partition coefficient (Wildman–Crippen LogP) is 3.61. The number of rotatable bonds is 11. The molecule has 0 aliphatic rings. The van der Waals surface area contributed by atoms with Crippen LogP contribution < -0.4 is 29.6 Å². The third kappa shape index (κ3) is 6.91. The highest BCUT2D eigenvalue weighted by atomic mass is 19.3. The van der Waals surface area contributed by atoms with Crippen LogP contribution in [-0.2, 0) is 13.0 Å². The van der Waals surface area contributed by atoms with Crippen LogP contribution in [0.1, 0.15) is 18.1 Å². The first-order valence-corrected chi connectivity index (χ1v) is 9.86. The van der Waals surface area contributed by atoms with Crippen LogP contribution >= 0.6 is 0 Å². The molecule has 0 saturated carbocycles. The second-order valence-corrected chi connectivity index (χ2v) is 6.35. The predicted molar refractivity (Wildman–Crippen MR) is 116 cm³/mol. The monoisotopic (exact) mass is 437 g/mol. The van der Waals surface area contributed by atoms with Crippen LogP contribution in [0.4, 0.5) is 8.78 Å². The maximum Gasteiger partial charge on any atom is 0.387 e. The SMILES string of the molecule is CCNC(=NCc1ccccc1OC(F)F)NCCc1ccc(OC)c(OC)c1OC. The summed E-state index contributed by atoms with van der Waals surface area (Å²) in [6.45, 7) is 0.474. The van der Waals surface area contributed by atoms with Crippen molar-refractivity contribution < 1.29 is 27.7 Å². The normalized spacial score (nSPS) is 11.3. The van der Waals surface area contributed by atoms with Crippen molar-refractivity contribution >= 4 is 5.96 Å². The van der Waals surface area contributed by atoms with E-state index in [4.69, 9.17) is 14.2 Å². The number of benzene rings is 2. The summed E-state index contributed by atoms with van der Waals surface area (Å²) in [7, 11) is 4.72. The molecule has 170 valence electrons. The number of nitrogens with one attached hydrogen (secondary N) is 2. The molecule has 0 aliphatic carbocycles. The number of hydrogen-bond donors (Lipinski definition) is 2. The number of nitrogens with zero attached hydrogens (tertiary/aromatic N) is 1. The average Bonchev–Trinajstić information content (AvgIpc) is 2.77. The highest BCUT2D eigenvalue weighted by molar-refractivity contribution is 5.79. The van der Waals surface area contributed by atoms with Crippen LogP contribution in [0.25, 0.3) is 0 Å². The molecule has 0 fully saturated rings. The lowest BCUT2D eigenvalue weighted by molar-refractivity contribution is -0.0504. The van der Waals surface area contributed by atoms with Crippen molar-refractivity contribution in [1.29, 1.82) is 0 Å². The standard InChI is InChI=1S/C22H29F2N3O4/c1-5-25-22(27-14-16-8-6-7-9-17(16)31-21(23)24)26-13-12-15-10-11-18(28-2)20(30-4)19(15)29-3/h6-11,21H,5,12-14H2,1-4H3,(H2,25,26,27). The van der Waals surface area contributed by atoms with Crippen molar-refractivity contribution in [3.63, 3.8) is 0 Å². The number of ether oxygens (including phenoxy) is 4. The van der Waals surface area contributed by atoms with Crippen molar-refractivity contribution in [3.8, 4) is 23.0 Å². The Hall–Kier alpha value is -3.23. The topological polar surface area (TPSA) is 73.3 Å². The van der Waals surface area contributed by atoms with E-state index in [9.17, 15) is 8.78 Å². The van der Waals surface area contributed by atoms with E-state index in [-0.39, 0.29) is 12.3 Å². The number of hydrogen-bond acceptors (Lipinski definition) is 5. The third-order valence-electron chi connectivity index (χ3n) is 4.41. The molecule has 0 aliphatic heterocycles. The Morgan fingerprint density at radius 1 is 0.903 bits per heavy atom. The second kappa shape index (κ2) is 12.5. The minimum Gasteiger partial charge on any atom is -0.493 e. The summed E-state index contributed by atoms with van der Waals surface area (Å²) in [5.74, 6) is 2.43. The zero-order valence-corrected chi connectivity index (χ0v) is 18.2. The Morgan fingerprint density at radius 2 is 1.65 bits per heavy atom. The fourth-order valence-electron chi connectivity index (χ4n) is 3.03. The average molecular weight is 437 g/mol. The third-order valence-corrected chi connectivity index (χ3v) is 4.41. The van der Waals surface area contributed by atoms with Gasteiger partial charge >= 0.3 is 6.61 Å². The lowest BCUT2D eigenvalue weighted by atomic mass is 10.1. The zero-order chi connectivity index (χ0) is 22.6. The highest BCUT2D eigenvalue weighted by Gasteiger charge is 2.15. The molecule has 0 bridgehead atoms. The molecule has 2 N–H and O–H groups in total. The summed E-state index contributed by atoms with van der Waals surface area (Å²) >= 11 is 0. The van der Waals surface area contributed by atoms with Crippen LogP contribution in [0.2, 0.25) is 0 Å². The second-order valence-electron chi connectivity index (χ2n) is 6.35. The van der Waals surface area contributed by atoms with E-state index >= 15 is 0 Å². The molecule has 31 heavy (non-hydrogen) atoms. The van der Waals surface area contributed by atoms with E-state index in [1.807, 2.05) is 19.1 Å². The Balaban J connectivity index is 2.07. The quantitative estimate of drug-likeness (QED) is 0.413. The van der Waals surface area contributed by atoms with Gasteiger partial charge in [-0.25, -0.2) is 4.99 Å². The van der Waals surface area contributed by atoms with E-state index in [0.717, 1.165) is 5.56 Å². The van der Waals surface area contributed by atoms with Crippen LogP contribution in [0, 0.1) is 0 Å². The van der Waals surface area contributed by atoms with Gasteiger partial charge in [0.05, 0.1) is 27.9 Å². The molecule has 0 spiro atoms. The Bertz CT molecular complexity index is 863. The molecule has 0 atom stereocenters. The van der Waals surface area contributed by atoms with Crippen LogP contribution in [0.3, 0.4) is 0 Å². The van der Waals surface area contributed by atoms with Crippen molar-refractivity contribution in [3.05, 3.63) is 47.5 Å². The molecule has 9 heteroatoms. The molecule has 0 unspecified atom stereocenters. The minimum absolute atomic E-state index is 0.118. The fraction of sp³-hybridized carbons (Fsp3) is 0.409. The van der Waals surface area contributed by atoms with Gasteiger partial charge in [-0.3, -0.25) is 0 Å². The van der Waals surface area contributed by atoms with Gasteiger partial charge in [-0.05, 0) is 25.5 Å². The van der Waals surface area contributed by atoms with E-state index in [2.05, 4.69) is 20.4 Å². The molecule has 0 aromatic heterocycles. The minimum atomic E-state index is -2.88. The van der Waals surface area contributed by atoms with E-state index < -0.39 is 6.61 Å². The van der Waals surface area contributed by atoms with Crippen molar-refractivity contribution in [2.45, 2.75) is 26.5 Å². The van der Waals surface area contributed by atoms with Crippen LogP contribution in [0.5, 0.6) is 23.0 Å². The van der Waals surface area contributed by atoms with Gasteiger partial charge in [0.25, 0.3) is 0 Å². The maximum absolute atomic E-state index is 12.6. The smallest absolute Gasteiger partial charge is 0.387 e. The first-order valence-electron chi connectivity index (χ1n) is 9.86. The number of aliphatic imine (C=N–C) groups is 1. The number of halogens is 2. The molecule has 2 aromatic carbocycles. The molecule has 2 aromatic rings. The molecule has 0 radical (unpaired) electrons. The molecular formula is C22H29F2N3O4. The van der Waals surface area contributed by atoms with Crippen LogP contribution in [-0.4, -0.2) is 47.0 Å². The lowest BCUT2D eigenvalue weighted by Crippen LogP contribution is -2.38. The van der Waals surface area contributed by atoms with Gasteiger partial charge in [0, 0.05) is 24.2 Å². The van der Waals surface area contributed by atoms with Gasteiger partial charge in [-0.1, -0.05) is 24.3 Å². The molecule has 0 saturated heterocycles. The Kier molecular flexibility index (Phi) is 9.67. The summed E-state index contributed by atoms with van der Waals surface area (Å²) in [4.78, 5) is 4.48.